The summed E-state index contributed by atoms with van der Waals surface area (Å²) in [6.45, 7) is 2.03. The van der Waals surface area contributed by atoms with E-state index < -0.39 is 0 Å². The summed E-state index contributed by atoms with van der Waals surface area (Å²) >= 11 is 0. The number of nitrogens with two attached hydrogens (primary N) is 1. The van der Waals surface area contributed by atoms with Crippen molar-refractivity contribution in [3.05, 3.63) is 65.7 Å². The number of benzene rings is 1. The van der Waals surface area contributed by atoms with E-state index in [4.69, 9.17) is 10.2 Å². The number of nitrogens with zero attached hydrogens (tertiary/aromatic N) is 1. The van der Waals surface area contributed by atoms with E-state index in [1.807, 2.05) is 43.5 Å². The number of aromatic nitrogens is 1. The maximum absolute atomic E-state index is 6.28. The zero-order chi connectivity index (χ0) is 13.2. The molecule has 0 spiro atoms. The quantitative estimate of drug-likeness (QED) is 0.777. The minimum atomic E-state index is -0.0983. The van der Waals surface area contributed by atoms with E-state index in [9.17, 15) is 0 Å². The van der Waals surface area contributed by atoms with E-state index in [1.165, 1.54) is 0 Å². The van der Waals surface area contributed by atoms with Gasteiger partial charge in [-0.25, -0.2) is 0 Å². The van der Waals surface area contributed by atoms with Gasteiger partial charge in [0, 0.05) is 35.3 Å². The first kappa shape index (κ1) is 11.9. The molecule has 2 aromatic heterocycles. The van der Waals surface area contributed by atoms with Gasteiger partial charge < -0.3 is 10.2 Å². The highest BCUT2D eigenvalue weighted by Gasteiger charge is 2.14. The van der Waals surface area contributed by atoms with E-state index in [2.05, 4.69) is 11.1 Å². The molecule has 3 rings (SSSR count). The molecule has 0 aliphatic carbocycles. The lowest BCUT2D eigenvalue weighted by molar-refractivity contribution is 0.598. The van der Waals surface area contributed by atoms with E-state index >= 15 is 0 Å². The van der Waals surface area contributed by atoms with Crippen LogP contribution in [0.5, 0.6) is 0 Å². The Balaban J connectivity index is 1.87. The molecule has 3 heteroatoms. The molecule has 3 nitrogen and oxygen atoms in total. The Labute approximate surface area is 112 Å². The van der Waals surface area contributed by atoms with Crippen LogP contribution in [0.25, 0.3) is 11.0 Å². The van der Waals surface area contributed by atoms with Crippen LogP contribution >= 0.6 is 0 Å². The molecule has 1 aromatic carbocycles. The summed E-state index contributed by atoms with van der Waals surface area (Å²) in [4.78, 5) is 4.40. The Kier molecular flexibility index (Phi) is 3.05. The minimum absolute atomic E-state index is 0.0983. The highest BCUT2D eigenvalue weighted by atomic mass is 16.3. The fourth-order valence-electron chi connectivity index (χ4n) is 2.24. The number of hydrogen-bond acceptors (Lipinski definition) is 3. The van der Waals surface area contributed by atoms with Crippen molar-refractivity contribution in [1.29, 1.82) is 0 Å². The van der Waals surface area contributed by atoms with Crippen molar-refractivity contribution >= 4 is 11.0 Å². The smallest absolute Gasteiger partial charge is 0.134 e. The summed E-state index contributed by atoms with van der Waals surface area (Å²) in [5, 5.41) is 1.09. The lowest BCUT2D eigenvalue weighted by atomic mass is 10.0. The second kappa shape index (κ2) is 4.86. The summed E-state index contributed by atoms with van der Waals surface area (Å²) in [5.41, 5.74) is 10.4. The minimum Gasteiger partial charge on any atom is -0.464 e. The van der Waals surface area contributed by atoms with Crippen LogP contribution in [0.4, 0.5) is 0 Å². The Morgan fingerprint density at radius 1 is 1.21 bits per heavy atom. The Hall–Kier alpha value is -2.13. The maximum atomic E-state index is 6.28. The summed E-state index contributed by atoms with van der Waals surface area (Å²) in [6.07, 6.45) is 4.34. The largest absolute Gasteiger partial charge is 0.464 e. The van der Waals surface area contributed by atoms with Gasteiger partial charge in [-0.2, -0.15) is 0 Å². The van der Waals surface area contributed by atoms with Crippen molar-refractivity contribution in [2.75, 3.05) is 0 Å². The van der Waals surface area contributed by atoms with Gasteiger partial charge in [0.05, 0.1) is 6.26 Å². The van der Waals surface area contributed by atoms with E-state index in [1.54, 1.807) is 6.26 Å². The Morgan fingerprint density at radius 3 is 2.84 bits per heavy atom. The Morgan fingerprint density at radius 2 is 2.05 bits per heavy atom. The van der Waals surface area contributed by atoms with Gasteiger partial charge in [-0.3, -0.25) is 4.98 Å². The molecule has 0 fully saturated rings. The average Bonchev–Trinajstić information content (AvgIpc) is 2.85. The third kappa shape index (κ3) is 2.37. The van der Waals surface area contributed by atoms with Gasteiger partial charge in [0.2, 0.25) is 0 Å². The fourth-order valence-corrected chi connectivity index (χ4v) is 2.24. The topological polar surface area (TPSA) is 52.0 Å². The molecular formula is C16H16N2O. The SMILES string of the molecule is Cc1ccc(CC(N)c2coc3ccccc23)nc1. The van der Waals surface area contributed by atoms with Crippen molar-refractivity contribution in [3.63, 3.8) is 0 Å². The van der Waals surface area contributed by atoms with E-state index in [0.717, 1.165) is 27.8 Å². The standard InChI is InChI=1S/C16H16N2O/c1-11-6-7-12(18-9-11)8-15(17)14-10-19-16-5-3-2-4-13(14)16/h2-7,9-10,15H,8,17H2,1H3. The highest BCUT2D eigenvalue weighted by molar-refractivity contribution is 5.81. The number of pyridine rings is 1. The van der Waals surface area contributed by atoms with E-state index in [-0.39, 0.29) is 6.04 Å². The van der Waals surface area contributed by atoms with Crippen LogP contribution in [0, 0.1) is 6.92 Å². The molecule has 1 atom stereocenters. The molecule has 0 radical (unpaired) electrons. The predicted molar refractivity (Wildman–Crippen MR) is 75.8 cm³/mol. The number of para-hydroxylation sites is 1. The number of hydrogen-bond donors (Lipinski definition) is 1. The van der Waals surface area contributed by atoms with Gasteiger partial charge in [0.1, 0.15) is 5.58 Å². The lowest BCUT2D eigenvalue weighted by Crippen LogP contribution is -2.13. The van der Waals surface area contributed by atoms with Gasteiger partial charge in [0.25, 0.3) is 0 Å². The van der Waals surface area contributed by atoms with Crippen LogP contribution in [-0.2, 0) is 6.42 Å². The van der Waals surface area contributed by atoms with Gasteiger partial charge in [-0.05, 0) is 24.6 Å². The second-order valence-electron chi connectivity index (χ2n) is 4.82. The molecule has 3 aromatic rings. The second-order valence-corrected chi connectivity index (χ2v) is 4.82. The first-order valence-corrected chi connectivity index (χ1v) is 6.37. The lowest BCUT2D eigenvalue weighted by Gasteiger charge is -2.09. The number of rotatable bonds is 3. The first-order chi connectivity index (χ1) is 9.24. The number of fused-ring (bicyclic) bond motifs is 1. The van der Waals surface area contributed by atoms with Crippen LogP contribution in [-0.4, -0.2) is 4.98 Å². The summed E-state index contributed by atoms with van der Waals surface area (Å²) in [5.74, 6) is 0. The van der Waals surface area contributed by atoms with Gasteiger partial charge in [-0.15, -0.1) is 0 Å². The summed E-state index contributed by atoms with van der Waals surface area (Å²) in [7, 11) is 0. The monoisotopic (exact) mass is 252 g/mol. The van der Waals surface area contributed by atoms with Crippen LogP contribution in [0.1, 0.15) is 22.9 Å². The molecule has 2 heterocycles. The molecule has 1 unspecified atom stereocenters. The average molecular weight is 252 g/mol. The third-order valence-corrected chi connectivity index (χ3v) is 3.31. The molecule has 96 valence electrons. The van der Waals surface area contributed by atoms with Crippen LogP contribution < -0.4 is 5.73 Å². The van der Waals surface area contributed by atoms with Gasteiger partial charge in [0.15, 0.2) is 0 Å². The zero-order valence-corrected chi connectivity index (χ0v) is 10.8. The molecule has 0 saturated carbocycles. The van der Waals surface area contributed by atoms with Crippen molar-refractivity contribution < 1.29 is 4.42 Å². The van der Waals surface area contributed by atoms with Crippen LogP contribution in [0.15, 0.2) is 53.3 Å². The molecule has 0 aliphatic rings. The first-order valence-electron chi connectivity index (χ1n) is 6.37. The van der Waals surface area contributed by atoms with E-state index in [0.29, 0.717) is 6.42 Å². The molecule has 0 saturated heterocycles. The summed E-state index contributed by atoms with van der Waals surface area (Å²) in [6, 6.07) is 11.9. The maximum Gasteiger partial charge on any atom is 0.134 e. The molecule has 0 aliphatic heterocycles. The number of furan rings is 1. The van der Waals surface area contributed by atoms with Crippen molar-refractivity contribution in [2.24, 2.45) is 5.73 Å². The van der Waals surface area contributed by atoms with Crippen molar-refractivity contribution in [3.8, 4) is 0 Å². The molecule has 0 bridgehead atoms. The van der Waals surface area contributed by atoms with Crippen molar-refractivity contribution in [1.82, 2.24) is 4.98 Å². The van der Waals surface area contributed by atoms with Crippen molar-refractivity contribution in [2.45, 2.75) is 19.4 Å². The Bertz CT molecular complexity index is 685. The number of aryl methyl sites for hydroxylation is 1. The molecule has 0 amide bonds. The third-order valence-electron chi connectivity index (χ3n) is 3.31. The molecule has 19 heavy (non-hydrogen) atoms. The zero-order valence-electron chi connectivity index (χ0n) is 10.8. The fraction of sp³-hybridized carbons (Fsp3) is 0.188. The van der Waals surface area contributed by atoms with Gasteiger partial charge in [-0.1, -0.05) is 24.3 Å². The summed E-state index contributed by atoms with van der Waals surface area (Å²) < 4.78 is 5.53. The molecular weight excluding hydrogens is 236 g/mol. The predicted octanol–water partition coefficient (Wildman–Crippen LogP) is 3.38. The van der Waals surface area contributed by atoms with Gasteiger partial charge >= 0.3 is 0 Å². The van der Waals surface area contributed by atoms with Crippen LogP contribution in [0.2, 0.25) is 0 Å². The normalized spacial score (nSPS) is 12.7. The highest BCUT2D eigenvalue weighted by Crippen LogP contribution is 2.26. The van der Waals surface area contributed by atoms with Crippen LogP contribution in [0.3, 0.4) is 0 Å². The molecule has 2 N–H and O–H groups in total.